The maximum absolute atomic E-state index is 13.1. The quantitative estimate of drug-likeness (QED) is 0.662. The predicted molar refractivity (Wildman–Crippen MR) is 83.4 cm³/mol. The molecule has 0 aliphatic rings. The van der Waals surface area contributed by atoms with Gasteiger partial charge in [0.1, 0.15) is 5.75 Å². The summed E-state index contributed by atoms with van der Waals surface area (Å²) in [5, 5.41) is 6.51. The number of halogens is 6. The highest BCUT2D eigenvalue weighted by Crippen LogP contribution is 2.39. The molecule has 6 nitrogen and oxygen atoms in total. The van der Waals surface area contributed by atoms with Crippen molar-refractivity contribution in [1.82, 2.24) is 14.6 Å². The normalized spacial score (nSPS) is 12.4. The van der Waals surface area contributed by atoms with Crippen molar-refractivity contribution in [2.75, 3.05) is 11.9 Å². The van der Waals surface area contributed by atoms with Crippen LogP contribution in [0.2, 0.25) is 0 Å². The van der Waals surface area contributed by atoms with Crippen molar-refractivity contribution in [1.29, 1.82) is 0 Å². The molecule has 0 unspecified atom stereocenters. The smallest absolute Gasteiger partial charge is 0.422 e. The number of nitrogens with one attached hydrogen (secondary N) is 1. The molecule has 0 fully saturated rings. The second-order valence-corrected chi connectivity index (χ2v) is 6.08. The van der Waals surface area contributed by atoms with Crippen LogP contribution in [0.15, 0.2) is 35.3 Å². The van der Waals surface area contributed by atoms with Gasteiger partial charge in [-0.15, -0.1) is 5.10 Å². The number of hydrogen-bond acceptors (Lipinski definition) is 6. The van der Waals surface area contributed by atoms with Crippen LogP contribution in [-0.4, -0.2) is 27.4 Å². The van der Waals surface area contributed by atoms with Crippen LogP contribution in [0.1, 0.15) is 5.56 Å². The average molecular weight is 410 g/mol. The zero-order chi connectivity index (χ0) is 19.8. The number of nitrogens with zero attached hydrogens (tertiary/aromatic N) is 3. The molecule has 0 bridgehead atoms. The molecule has 27 heavy (non-hydrogen) atoms. The van der Waals surface area contributed by atoms with Gasteiger partial charge in [-0.1, -0.05) is 11.3 Å². The van der Waals surface area contributed by atoms with Gasteiger partial charge >= 0.3 is 12.4 Å². The molecule has 0 amide bonds. The zero-order valence-electron chi connectivity index (χ0n) is 12.9. The predicted octanol–water partition coefficient (Wildman–Crippen LogP) is 3.85. The first-order valence-corrected chi connectivity index (χ1v) is 7.87. The Morgan fingerprint density at radius 1 is 1.15 bits per heavy atom. The minimum atomic E-state index is -4.94. The van der Waals surface area contributed by atoms with Crippen LogP contribution < -0.4 is 15.6 Å². The van der Waals surface area contributed by atoms with Gasteiger partial charge < -0.3 is 10.1 Å². The highest BCUT2D eigenvalue weighted by molar-refractivity contribution is 7.20. The topological polar surface area (TPSA) is 68.5 Å². The summed E-state index contributed by atoms with van der Waals surface area (Å²) in [5.41, 5.74) is -1.96. The van der Waals surface area contributed by atoms with Crippen molar-refractivity contribution in [3.63, 3.8) is 0 Å². The average Bonchev–Trinajstić information content (AvgIpc) is 2.96. The van der Waals surface area contributed by atoms with E-state index in [4.69, 9.17) is 0 Å². The maximum Gasteiger partial charge on any atom is 0.422 e. The zero-order valence-corrected chi connectivity index (χ0v) is 13.7. The molecule has 2 heterocycles. The molecule has 0 aliphatic heterocycles. The maximum atomic E-state index is 13.1. The van der Waals surface area contributed by atoms with Crippen molar-refractivity contribution < 1.29 is 31.1 Å². The van der Waals surface area contributed by atoms with Crippen LogP contribution in [0.5, 0.6) is 5.75 Å². The molecule has 0 spiro atoms. The minimum Gasteiger partial charge on any atom is -0.483 e. The largest absolute Gasteiger partial charge is 0.483 e. The summed E-state index contributed by atoms with van der Waals surface area (Å²) >= 11 is 0.906. The minimum absolute atomic E-state index is 0.0721. The monoisotopic (exact) mass is 410 g/mol. The molecular formula is C14H8F6N4O2S. The number of aromatic nitrogens is 3. The first kappa shape index (κ1) is 18.9. The van der Waals surface area contributed by atoms with Crippen molar-refractivity contribution >= 4 is 27.1 Å². The molecule has 2 aromatic heterocycles. The molecule has 0 aliphatic carbocycles. The molecule has 0 saturated heterocycles. The van der Waals surface area contributed by atoms with E-state index >= 15 is 0 Å². The SMILES string of the molecule is O=c1ccnc2sc(Nc3ccc(OCC(F)(F)F)c(C(F)(F)F)c3)nn12. The summed E-state index contributed by atoms with van der Waals surface area (Å²) in [7, 11) is 0. The summed E-state index contributed by atoms with van der Waals surface area (Å²) in [4.78, 5) is 15.7. The molecule has 3 aromatic rings. The van der Waals surface area contributed by atoms with Crippen molar-refractivity contribution in [3.05, 3.63) is 46.4 Å². The first-order valence-electron chi connectivity index (χ1n) is 7.06. The van der Waals surface area contributed by atoms with Crippen LogP contribution >= 0.6 is 11.3 Å². The van der Waals surface area contributed by atoms with E-state index < -0.39 is 35.8 Å². The Hall–Kier alpha value is -2.83. The molecular weight excluding hydrogens is 402 g/mol. The van der Waals surface area contributed by atoms with Crippen molar-refractivity contribution in [2.45, 2.75) is 12.4 Å². The van der Waals surface area contributed by atoms with Crippen molar-refractivity contribution in [2.24, 2.45) is 0 Å². The Bertz CT molecular complexity index is 1030. The summed E-state index contributed by atoms with van der Waals surface area (Å²) in [6.07, 6.45) is -8.46. The third kappa shape index (κ3) is 4.48. The molecule has 144 valence electrons. The lowest BCUT2D eigenvalue weighted by Gasteiger charge is -2.16. The molecule has 13 heteroatoms. The van der Waals surface area contributed by atoms with Crippen LogP contribution in [0.4, 0.5) is 37.2 Å². The fraction of sp³-hybridized carbons (Fsp3) is 0.214. The van der Waals surface area contributed by atoms with Crippen molar-refractivity contribution in [3.8, 4) is 5.75 Å². The van der Waals surface area contributed by atoms with E-state index in [1.807, 2.05) is 0 Å². The number of benzene rings is 1. The van der Waals surface area contributed by atoms with Crippen LogP contribution in [-0.2, 0) is 6.18 Å². The summed E-state index contributed by atoms with van der Waals surface area (Å²) in [6.45, 7) is -1.85. The lowest BCUT2D eigenvalue weighted by molar-refractivity contribution is -0.158. The number of fused-ring (bicyclic) bond motifs is 1. The van der Waals surface area contributed by atoms with Gasteiger partial charge in [-0.2, -0.15) is 30.9 Å². The molecule has 0 saturated carbocycles. The Morgan fingerprint density at radius 2 is 1.89 bits per heavy atom. The third-order valence-corrected chi connectivity index (χ3v) is 3.94. The molecule has 0 radical (unpaired) electrons. The first-order chi connectivity index (χ1) is 12.5. The van der Waals surface area contributed by atoms with Gasteiger partial charge in [0.25, 0.3) is 5.56 Å². The van der Waals surface area contributed by atoms with E-state index in [0.29, 0.717) is 6.07 Å². The van der Waals surface area contributed by atoms with E-state index in [1.54, 1.807) is 0 Å². The number of ether oxygens (including phenoxy) is 1. The van der Waals surface area contributed by atoms with Gasteiger partial charge in [0, 0.05) is 18.0 Å². The molecule has 0 atom stereocenters. The van der Waals surface area contributed by atoms with Gasteiger partial charge in [-0.05, 0) is 18.2 Å². The van der Waals surface area contributed by atoms with Crippen LogP contribution in [0.25, 0.3) is 4.96 Å². The van der Waals surface area contributed by atoms with E-state index in [-0.39, 0.29) is 15.8 Å². The van der Waals surface area contributed by atoms with Gasteiger partial charge in [-0.3, -0.25) is 4.79 Å². The second-order valence-electron chi connectivity index (χ2n) is 5.12. The summed E-state index contributed by atoms with van der Waals surface area (Å²) in [6, 6.07) is 3.62. The van der Waals surface area contributed by atoms with Gasteiger partial charge in [-0.25, -0.2) is 4.98 Å². The molecule has 1 N–H and O–H groups in total. The molecule has 3 rings (SSSR count). The second kappa shape index (κ2) is 6.72. The number of rotatable bonds is 4. The summed E-state index contributed by atoms with van der Waals surface area (Å²) < 4.78 is 81.3. The van der Waals surface area contributed by atoms with Crippen LogP contribution in [0, 0.1) is 0 Å². The highest BCUT2D eigenvalue weighted by Gasteiger charge is 2.36. The number of alkyl halides is 6. The lowest BCUT2D eigenvalue weighted by Crippen LogP contribution is -2.21. The Morgan fingerprint density at radius 3 is 2.52 bits per heavy atom. The standard InChI is InChI=1S/C14H8F6N4O2S/c15-13(16,17)6-26-9-2-1-7(5-8(9)14(18,19)20)22-11-23-24-10(25)3-4-21-12(24)27-11/h1-5H,6H2,(H,22,23). The van der Waals surface area contributed by atoms with E-state index in [0.717, 1.165) is 34.1 Å². The highest BCUT2D eigenvalue weighted by atomic mass is 32.1. The Labute approximate surface area is 150 Å². The van der Waals surface area contributed by atoms with Gasteiger partial charge in [0.05, 0.1) is 5.56 Å². The Kier molecular flexibility index (Phi) is 4.71. The number of anilines is 2. The number of hydrogen-bond donors (Lipinski definition) is 1. The lowest BCUT2D eigenvalue weighted by atomic mass is 10.1. The van der Waals surface area contributed by atoms with Gasteiger partial charge in [0.15, 0.2) is 6.61 Å². The van der Waals surface area contributed by atoms with E-state index in [1.165, 1.54) is 6.20 Å². The molecule has 1 aromatic carbocycles. The van der Waals surface area contributed by atoms with E-state index in [2.05, 4.69) is 20.1 Å². The fourth-order valence-electron chi connectivity index (χ4n) is 2.03. The summed E-state index contributed by atoms with van der Waals surface area (Å²) in [5.74, 6) is -0.951. The Balaban J connectivity index is 1.91. The van der Waals surface area contributed by atoms with E-state index in [9.17, 15) is 31.1 Å². The van der Waals surface area contributed by atoms with Gasteiger partial charge in [0.2, 0.25) is 10.1 Å². The van der Waals surface area contributed by atoms with Crippen LogP contribution in [0.3, 0.4) is 0 Å². The third-order valence-electron chi connectivity index (χ3n) is 3.10. The fourth-order valence-corrected chi connectivity index (χ4v) is 2.83.